The Kier molecular flexibility index (Phi) is 11.0. The maximum atomic E-state index is 14.6. The molecule has 7 nitrogen and oxygen atoms in total. The van der Waals surface area contributed by atoms with Gasteiger partial charge < -0.3 is 10.2 Å². The molecule has 0 aromatic heterocycles. The Morgan fingerprint density at radius 3 is 1.96 bits per heavy atom. The summed E-state index contributed by atoms with van der Waals surface area (Å²) in [5.41, 5.74) is 2.16. The van der Waals surface area contributed by atoms with Crippen molar-refractivity contribution in [3.05, 3.63) is 130 Å². The number of rotatable bonds is 11. The van der Waals surface area contributed by atoms with Crippen LogP contribution in [0.5, 0.6) is 0 Å². The van der Waals surface area contributed by atoms with Gasteiger partial charge in [0.2, 0.25) is 11.8 Å². The molecule has 10 heteroatoms. The Balaban J connectivity index is 1.84. The van der Waals surface area contributed by atoms with Crippen LogP contribution >= 0.6 is 23.2 Å². The lowest BCUT2D eigenvalue weighted by Gasteiger charge is -2.35. The van der Waals surface area contributed by atoms with Crippen molar-refractivity contribution < 1.29 is 18.0 Å². The first-order valence-corrected chi connectivity index (χ1v) is 16.7. The van der Waals surface area contributed by atoms with Crippen molar-refractivity contribution in [1.82, 2.24) is 10.2 Å². The number of hydrogen-bond donors (Lipinski definition) is 1. The van der Waals surface area contributed by atoms with E-state index < -0.39 is 34.1 Å². The molecule has 4 aromatic carbocycles. The van der Waals surface area contributed by atoms with Gasteiger partial charge in [-0.1, -0.05) is 96.0 Å². The van der Waals surface area contributed by atoms with E-state index in [1.54, 1.807) is 18.2 Å². The fourth-order valence-electron chi connectivity index (χ4n) is 4.91. The van der Waals surface area contributed by atoms with Crippen LogP contribution in [0.1, 0.15) is 37.5 Å². The molecule has 0 aliphatic heterocycles. The van der Waals surface area contributed by atoms with Gasteiger partial charge in [-0.05, 0) is 74.7 Å². The maximum Gasteiger partial charge on any atom is 0.264 e. The standard InChI is InChI=1S/C35H37Cl2N3O4S/c1-25-13-11-12-16-27(25)23-39(32(34(42)38-35(2,3)4)19-26-14-7-5-8-15-26)33(41)24-40(30-21-28(36)20-29(37)22-30)45(43,44)31-17-9-6-10-18-31/h5-18,20-22,32H,19,23-24H2,1-4H3,(H,38,42)/t32-/m1/s1. The number of amides is 2. The van der Waals surface area contributed by atoms with Crippen molar-refractivity contribution in [2.45, 2.75) is 57.1 Å². The zero-order valence-corrected chi connectivity index (χ0v) is 28.0. The highest BCUT2D eigenvalue weighted by molar-refractivity contribution is 7.92. The van der Waals surface area contributed by atoms with Crippen LogP contribution in [-0.4, -0.2) is 43.3 Å². The van der Waals surface area contributed by atoms with Gasteiger partial charge in [-0.3, -0.25) is 13.9 Å². The number of hydrogen-bond acceptors (Lipinski definition) is 4. The van der Waals surface area contributed by atoms with Crippen molar-refractivity contribution >= 4 is 50.7 Å². The lowest BCUT2D eigenvalue weighted by Crippen LogP contribution is -2.56. The molecule has 0 heterocycles. The van der Waals surface area contributed by atoms with Crippen LogP contribution in [0.3, 0.4) is 0 Å². The first-order valence-electron chi connectivity index (χ1n) is 14.5. The van der Waals surface area contributed by atoms with Gasteiger partial charge in [-0.2, -0.15) is 0 Å². The topological polar surface area (TPSA) is 86.8 Å². The molecule has 0 bridgehead atoms. The summed E-state index contributed by atoms with van der Waals surface area (Å²) in [6.45, 7) is 7.02. The second-order valence-electron chi connectivity index (χ2n) is 11.8. The molecule has 1 N–H and O–H groups in total. The van der Waals surface area contributed by atoms with Crippen LogP contribution in [0, 0.1) is 6.92 Å². The lowest BCUT2D eigenvalue weighted by molar-refractivity contribution is -0.140. The van der Waals surface area contributed by atoms with Crippen molar-refractivity contribution in [1.29, 1.82) is 0 Å². The number of aryl methyl sites for hydroxylation is 1. The van der Waals surface area contributed by atoms with E-state index in [-0.39, 0.29) is 39.5 Å². The number of halogens is 2. The van der Waals surface area contributed by atoms with E-state index in [1.807, 2.05) is 82.3 Å². The summed E-state index contributed by atoms with van der Waals surface area (Å²) in [5, 5.41) is 3.45. The number of sulfonamides is 1. The van der Waals surface area contributed by atoms with E-state index in [1.165, 1.54) is 35.2 Å². The van der Waals surface area contributed by atoms with Crippen LogP contribution in [0.15, 0.2) is 108 Å². The first kappa shape index (κ1) is 34.0. The van der Waals surface area contributed by atoms with Gasteiger partial charge in [0, 0.05) is 28.5 Å². The summed E-state index contributed by atoms with van der Waals surface area (Å²) in [4.78, 5) is 30.0. The molecule has 0 spiro atoms. The number of carbonyl (C=O) groups is 2. The molecular weight excluding hydrogens is 629 g/mol. The van der Waals surface area contributed by atoms with Gasteiger partial charge in [0.25, 0.3) is 10.0 Å². The predicted molar refractivity (Wildman–Crippen MR) is 181 cm³/mol. The molecule has 0 fully saturated rings. The minimum absolute atomic E-state index is 0.00865. The Bertz CT molecular complexity index is 1720. The Labute approximate surface area is 275 Å². The van der Waals surface area contributed by atoms with E-state index in [0.717, 1.165) is 21.0 Å². The molecule has 0 saturated heterocycles. The molecule has 0 unspecified atom stereocenters. The summed E-state index contributed by atoms with van der Waals surface area (Å²) in [5.74, 6) is -0.921. The molecule has 0 aliphatic carbocycles. The zero-order chi connectivity index (χ0) is 32.8. The summed E-state index contributed by atoms with van der Waals surface area (Å²) in [6.07, 6.45) is 0.217. The fourth-order valence-corrected chi connectivity index (χ4v) is 6.84. The van der Waals surface area contributed by atoms with Crippen molar-refractivity contribution in [3.63, 3.8) is 0 Å². The highest BCUT2D eigenvalue weighted by Gasteiger charge is 2.36. The van der Waals surface area contributed by atoms with Crippen LogP contribution < -0.4 is 9.62 Å². The summed E-state index contributed by atoms with van der Waals surface area (Å²) in [7, 11) is -4.26. The van der Waals surface area contributed by atoms with Gasteiger partial charge in [0.05, 0.1) is 10.6 Å². The van der Waals surface area contributed by atoms with Gasteiger partial charge in [-0.15, -0.1) is 0 Å². The van der Waals surface area contributed by atoms with Crippen molar-refractivity contribution in [2.75, 3.05) is 10.8 Å². The normalized spacial score (nSPS) is 12.3. The van der Waals surface area contributed by atoms with Gasteiger partial charge in [0.15, 0.2) is 0 Å². The Hall–Kier alpha value is -3.85. The first-order chi connectivity index (χ1) is 21.2. The summed E-state index contributed by atoms with van der Waals surface area (Å²) >= 11 is 12.6. The van der Waals surface area contributed by atoms with Gasteiger partial charge >= 0.3 is 0 Å². The largest absolute Gasteiger partial charge is 0.350 e. The molecule has 4 aromatic rings. The maximum absolute atomic E-state index is 14.6. The van der Waals surface area contributed by atoms with E-state index in [2.05, 4.69) is 5.32 Å². The molecule has 4 rings (SSSR count). The van der Waals surface area contributed by atoms with Gasteiger partial charge in [-0.25, -0.2) is 8.42 Å². The Morgan fingerprint density at radius 1 is 0.822 bits per heavy atom. The van der Waals surface area contributed by atoms with E-state index in [9.17, 15) is 18.0 Å². The molecule has 0 saturated carbocycles. The summed E-state index contributed by atoms with van der Waals surface area (Å²) in [6, 6.07) is 28.3. The Morgan fingerprint density at radius 2 is 1.38 bits per heavy atom. The van der Waals surface area contributed by atoms with Gasteiger partial charge in [0.1, 0.15) is 12.6 Å². The van der Waals surface area contributed by atoms with Crippen LogP contribution in [-0.2, 0) is 32.6 Å². The average Bonchev–Trinajstić information content (AvgIpc) is 2.98. The molecule has 0 aliphatic rings. The fraction of sp³-hybridized carbons (Fsp3) is 0.257. The zero-order valence-electron chi connectivity index (χ0n) is 25.7. The quantitative estimate of drug-likeness (QED) is 0.186. The number of anilines is 1. The minimum atomic E-state index is -4.26. The van der Waals surface area contributed by atoms with Crippen molar-refractivity contribution in [3.8, 4) is 0 Å². The SMILES string of the molecule is Cc1ccccc1CN(C(=O)CN(c1cc(Cl)cc(Cl)c1)S(=O)(=O)c1ccccc1)[C@H](Cc1ccccc1)C(=O)NC(C)(C)C. The second-order valence-corrected chi connectivity index (χ2v) is 14.6. The second kappa shape index (κ2) is 14.5. The van der Waals surface area contributed by atoms with Crippen molar-refractivity contribution in [2.24, 2.45) is 0 Å². The monoisotopic (exact) mass is 665 g/mol. The van der Waals surface area contributed by atoms with E-state index in [4.69, 9.17) is 23.2 Å². The molecular formula is C35H37Cl2N3O4S. The molecule has 45 heavy (non-hydrogen) atoms. The smallest absolute Gasteiger partial charge is 0.264 e. The number of nitrogens with zero attached hydrogens (tertiary/aromatic N) is 2. The third-order valence-electron chi connectivity index (χ3n) is 7.12. The van der Waals surface area contributed by atoms with E-state index >= 15 is 0 Å². The van der Waals surface area contributed by atoms with Crippen LogP contribution in [0.2, 0.25) is 10.0 Å². The summed E-state index contributed by atoms with van der Waals surface area (Å²) < 4.78 is 29.2. The highest BCUT2D eigenvalue weighted by Crippen LogP contribution is 2.30. The minimum Gasteiger partial charge on any atom is -0.350 e. The number of carbonyl (C=O) groups excluding carboxylic acids is 2. The highest BCUT2D eigenvalue weighted by atomic mass is 35.5. The number of nitrogens with one attached hydrogen (secondary N) is 1. The molecule has 1 atom stereocenters. The number of benzene rings is 4. The third-order valence-corrected chi connectivity index (χ3v) is 9.34. The predicted octanol–water partition coefficient (Wildman–Crippen LogP) is 7.05. The van der Waals surface area contributed by atoms with Crippen LogP contribution in [0.4, 0.5) is 5.69 Å². The van der Waals surface area contributed by atoms with Crippen LogP contribution in [0.25, 0.3) is 0 Å². The third kappa shape index (κ3) is 9.10. The molecule has 0 radical (unpaired) electrons. The lowest BCUT2D eigenvalue weighted by atomic mass is 10.00. The molecule has 2 amide bonds. The molecule has 236 valence electrons. The van der Waals surface area contributed by atoms with E-state index in [0.29, 0.717) is 0 Å². The average molecular weight is 667 g/mol.